The highest BCUT2D eigenvalue weighted by Gasteiger charge is 2.40. The highest BCUT2D eigenvalue weighted by molar-refractivity contribution is 5.84. The minimum absolute atomic E-state index is 0.0771. The summed E-state index contributed by atoms with van der Waals surface area (Å²) in [5, 5.41) is 2.59. The van der Waals surface area contributed by atoms with Crippen LogP contribution in [-0.2, 0) is 20.9 Å². The number of carbonyl (C=O) groups is 3. The molecule has 2 aromatic carbocycles. The predicted molar refractivity (Wildman–Crippen MR) is 159 cm³/mol. The third kappa shape index (κ3) is 8.09. The molecule has 3 unspecified atom stereocenters. The van der Waals surface area contributed by atoms with Crippen LogP contribution in [0.2, 0.25) is 0 Å². The quantitative estimate of drug-likeness (QED) is 0.333. The van der Waals surface area contributed by atoms with E-state index in [-0.39, 0.29) is 30.3 Å². The lowest BCUT2D eigenvalue weighted by molar-refractivity contribution is -0.138. The number of halogens is 1. The van der Waals surface area contributed by atoms with Gasteiger partial charge in [-0.05, 0) is 76.3 Å². The minimum atomic E-state index is -1.12. The van der Waals surface area contributed by atoms with Gasteiger partial charge < -0.3 is 19.7 Å². The van der Waals surface area contributed by atoms with Crippen LogP contribution in [0.25, 0.3) is 0 Å². The first-order chi connectivity index (χ1) is 19.8. The highest BCUT2D eigenvalue weighted by atomic mass is 19.1. The molecule has 0 spiro atoms. The fraction of sp³-hybridized carbons (Fsp3) is 0.545. The Morgan fingerprint density at radius 2 is 1.69 bits per heavy atom. The van der Waals surface area contributed by atoms with Crippen molar-refractivity contribution in [1.82, 2.24) is 15.1 Å². The molecule has 0 aromatic heterocycles. The maximum atomic E-state index is 15.5. The van der Waals surface area contributed by atoms with Gasteiger partial charge in [0.2, 0.25) is 5.91 Å². The second kappa shape index (κ2) is 13.2. The fourth-order valence-corrected chi connectivity index (χ4v) is 5.61. The van der Waals surface area contributed by atoms with Gasteiger partial charge in [0, 0.05) is 25.6 Å². The summed E-state index contributed by atoms with van der Waals surface area (Å²) >= 11 is 0. The van der Waals surface area contributed by atoms with Crippen molar-refractivity contribution in [3.05, 3.63) is 65.2 Å². The normalized spacial score (nSPS) is 22.2. The van der Waals surface area contributed by atoms with Gasteiger partial charge in [-0.15, -0.1) is 0 Å². The molecule has 2 aliphatic rings. The van der Waals surface area contributed by atoms with Crippen molar-refractivity contribution in [3.8, 4) is 5.75 Å². The van der Waals surface area contributed by atoms with E-state index in [4.69, 9.17) is 9.47 Å². The molecule has 8 nitrogen and oxygen atoms in total. The van der Waals surface area contributed by atoms with Crippen LogP contribution >= 0.6 is 0 Å². The van der Waals surface area contributed by atoms with Gasteiger partial charge >= 0.3 is 12.1 Å². The van der Waals surface area contributed by atoms with Crippen molar-refractivity contribution in [2.75, 3.05) is 19.6 Å². The van der Waals surface area contributed by atoms with Gasteiger partial charge in [-0.25, -0.2) is 14.0 Å². The van der Waals surface area contributed by atoms with E-state index >= 15 is 4.39 Å². The Hall–Kier alpha value is -3.46. The Balaban J connectivity index is 1.30. The molecule has 2 aliphatic heterocycles. The number of amides is 2. The van der Waals surface area contributed by atoms with Crippen molar-refractivity contribution in [3.63, 3.8) is 0 Å². The number of nitrogens with zero attached hydrogens (tertiary/aromatic N) is 2. The Morgan fingerprint density at radius 1 is 1.02 bits per heavy atom. The molecule has 42 heavy (non-hydrogen) atoms. The van der Waals surface area contributed by atoms with Gasteiger partial charge in [0.1, 0.15) is 23.6 Å². The number of carbonyl (C=O) groups excluding carboxylic acids is 3. The van der Waals surface area contributed by atoms with E-state index < -0.39 is 29.9 Å². The van der Waals surface area contributed by atoms with Crippen LogP contribution in [0.4, 0.5) is 9.18 Å². The van der Waals surface area contributed by atoms with E-state index in [0.29, 0.717) is 38.2 Å². The lowest BCUT2D eigenvalue weighted by atomic mass is 9.87. The first kappa shape index (κ1) is 31.5. The lowest BCUT2D eigenvalue weighted by Gasteiger charge is -2.37. The van der Waals surface area contributed by atoms with Crippen molar-refractivity contribution in [2.24, 2.45) is 5.92 Å². The van der Waals surface area contributed by atoms with Gasteiger partial charge in [0.05, 0.1) is 6.04 Å². The topological polar surface area (TPSA) is 88.2 Å². The van der Waals surface area contributed by atoms with E-state index in [2.05, 4.69) is 29.6 Å². The third-order valence-corrected chi connectivity index (χ3v) is 7.90. The van der Waals surface area contributed by atoms with Crippen LogP contribution in [0, 0.1) is 12.8 Å². The minimum Gasteiger partial charge on any atom is -0.444 e. The largest absolute Gasteiger partial charge is 0.444 e. The zero-order valence-corrected chi connectivity index (χ0v) is 25.6. The van der Waals surface area contributed by atoms with Gasteiger partial charge in [0.15, 0.2) is 0 Å². The van der Waals surface area contributed by atoms with E-state index in [0.717, 1.165) is 11.1 Å². The number of hydrogen-bond donors (Lipinski definition) is 1. The number of hydrogen-bond acceptors (Lipinski definition) is 6. The number of piperidine rings is 1. The zero-order chi connectivity index (χ0) is 30.6. The van der Waals surface area contributed by atoms with Crippen LogP contribution in [0.3, 0.4) is 0 Å². The Morgan fingerprint density at radius 3 is 2.29 bits per heavy atom. The zero-order valence-electron chi connectivity index (χ0n) is 25.6. The maximum Gasteiger partial charge on any atom is 0.408 e. The molecule has 2 saturated heterocycles. The maximum absolute atomic E-state index is 15.5. The van der Waals surface area contributed by atoms with Gasteiger partial charge in [-0.2, -0.15) is 0 Å². The molecule has 2 heterocycles. The smallest absolute Gasteiger partial charge is 0.408 e. The van der Waals surface area contributed by atoms with Gasteiger partial charge in [-0.1, -0.05) is 55.8 Å². The van der Waals surface area contributed by atoms with Crippen LogP contribution in [0.15, 0.2) is 48.5 Å². The molecule has 0 saturated carbocycles. The Kier molecular flexibility index (Phi) is 9.92. The number of alkyl carbamates (subject to hydrolysis) is 1. The molecule has 0 aliphatic carbocycles. The summed E-state index contributed by atoms with van der Waals surface area (Å²) in [7, 11) is 0. The van der Waals surface area contributed by atoms with Crippen molar-refractivity contribution in [1.29, 1.82) is 0 Å². The molecule has 2 amide bonds. The number of benzene rings is 2. The molecule has 4 atom stereocenters. The Bertz CT molecular complexity index is 1240. The van der Waals surface area contributed by atoms with Crippen molar-refractivity contribution < 1.29 is 28.2 Å². The van der Waals surface area contributed by atoms with Gasteiger partial charge in [0.25, 0.3) is 0 Å². The highest BCUT2D eigenvalue weighted by Crippen LogP contribution is 2.34. The standard InChI is InChI=1S/C33H44FN3O5/c1-21(2)29(35-32(40)42-33(4,5)6)31(39)41-25-13-11-24(12-14-25)26-15-17-36(20-27(26)34)28-16-18-37(30(28)38)19-23-9-7-22(3)8-10-23/h7-14,21,26-29H,15-20H2,1-6H3,(H,35,40)/t26?,27?,28-,29?/m1/s1. The number of aryl methyl sites for hydroxylation is 1. The third-order valence-electron chi connectivity index (χ3n) is 7.90. The summed E-state index contributed by atoms with van der Waals surface area (Å²) in [6.07, 6.45) is -0.499. The van der Waals surface area contributed by atoms with Gasteiger partial charge in [-0.3, -0.25) is 9.69 Å². The summed E-state index contributed by atoms with van der Waals surface area (Å²) in [6, 6.07) is 13.9. The van der Waals surface area contributed by atoms with Crippen LogP contribution < -0.4 is 10.1 Å². The number of nitrogens with one attached hydrogen (secondary N) is 1. The number of ether oxygens (including phenoxy) is 2. The average molecular weight is 582 g/mol. The molecular weight excluding hydrogens is 537 g/mol. The van der Waals surface area contributed by atoms with Crippen LogP contribution in [-0.4, -0.2) is 71.3 Å². The summed E-state index contributed by atoms with van der Waals surface area (Å²) in [4.78, 5) is 42.1. The fourth-order valence-electron chi connectivity index (χ4n) is 5.61. The summed E-state index contributed by atoms with van der Waals surface area (Å²) in [5.74, 6) is -0.726. The monoisotopic (exact) mass is 581 g/mol. The second-order valence-corrected chi connectivity index (χ2v) is 12.8. The first-order valence-electron chi connectivity index (χ1n) is 14.8. The molecule has 1 N–H and O–H groups in total. The molecule has 4 rings (SSSR count). The number of esters is 1. The van der Waals surface area contributed by atoms with Crippen LogP contribution in [0.5, 0.6) is 5.75 Å². The number of alkyl halides is 1. The summed E-state index contributed by atoms with van der Waals surface area (Å²) < 4.78 is 26.3. The van der Waals surface area contributed by atoms with Crippen LogP contribution in [0.1, 0.15) is 70.1 Å². The molecule has 0 radical (unpaired) electrons. The summed E-state index contributed by atoms with van der Waals surface area (Å²) in [5.41, 5.74) is 2.42. The number of likely N-dealkylation sites (tertiary alicyclic amines) is 2. The van der Waals surface area contributed by atoms with E-state index in [1.807, 2.05) is 16.7 Å². The SMILES string of the molecule is Cc1ccc(CN2CC[C@@H](N3CCC(c4ccc(OC(=O)C(NC(=O)OC(C)(C)C)C(C)C)cc4)C(F)C3)C2=O)cc1. The second-order valence-electron chi connectivity index (χ2n) is 12.8. The molecular formula is C33H44FN3O5. The molecule has 228 valence electrons. The Labute approximate surface area is 248 Å². The molecule has 9 heteroatoms. The molecule has 2 aromatic rings. The van der Waals surface area contributed by atoms with E-state index in [1.165, 1.54) is 5.56 Å². The van der Waals surface area contributed by atoms with Crippen molar-refractivity contribution in [2.45, 2.75) is 90.7 Å². The average Bonchev–Trinajstić information content (AvgIpc) is 3.27. The summed E-state index contributed by atoms with van der Waals surface area (Å²) in [6.45, 7) is 13.0. The van der Waals surface area contributed by atoms with Crippen molar-refractivity contribution >= 4 is 18.0 Å². The van der Waals surface area contributed by atoms with E-state index in [1.54, 1.807) is 58.9 Å². The lowest BCUT2D eigenvalue weighted by Crippen LogP contribution is -2.49. The number of rotatable bonds is 8. The molecule has 2 fully saturated rings. The van der Waals surface area contributed by atoms with E-state index in [9.17, 15) is 14.4 Å². The first-order valence-corrected chi connectivity index (χ1v) is 14.8. The molecule has 0 bridgehead atoms. The predicted octanol–water partition coefficient (Wildman–Crippen LogP) is 5.38.